The second kappa shape index (κ2) is 13.0. The van der Waals surface area contributed by atoms with Gasteiger partial charge in [-0.25, -0.2) is 14.4 Å². The van der Waals surface area contributed by atoms with Gasteiger partial charge in [-0.05, 0) is 111 Å². The van der Waals surface area contributed by atoms with E-state index in [0.29, 0.717) is 39.8 Å². The van der Waals surface area contributed by atoms with Gasteiger partial charge in [0, 0.05) is 69.0 Å². The molecule has 2 atom stereocenters. The monoisotopic (exact) mass is 730 g/mol. The lowest BCUT2D eigenvalue weighted by molar-refractivity contribution is -0.0590. The molecular weight excluding hydrogens is 691 g/mol. The Balaban J connectivity index is 0.840. The van der Waals surface area contributed by atoms with Crippen LogP contribution in [0.3, 0.4) is 0 Å². The number of ether oxygens (including phenoxy) is 2. The van der Waals surface area contributed by atoms with E-state index in [4.69, 9.17) is 31.0 Å². The summed E-state index contributed by atoms with van der Waals surface area (Å²) >= 11 is 5.91. The molecule has 1 aliphatic heterocycles. The first-order valence-corrected chi connectivity index (χ1v) is 19.2. The zero-order chi connectivity index (χ0) is 35.7. The Kier molecular flexibility index (Phi) is 8.02. The van der Waals surface area contributed by atoms with Gasteiger partial charge in [0.1, 0.15) is 18.2 Å². The first-order valence-electron chi connectivity index (χ1n) is 18.8. The zero-order valence-electron chi connectivity index (χ0n) is 29.3. The van der Waals surface area contributed by atoms with Crippen LogP contribution in [0.25, 0.3) is 21.9 Å². The molecule has 1 spiro atoms. The summed E-state index contributed by atoms with van der Waals surface area (Å²) in [5.41, 5.74) is 7.07. The molecule has 11 heteroatoms. The van der Waals surface area contributed by atoms with Crippen LogP contribution in [-0.4, -0.2) is 43.4 Å². The molecule has 3 aromatic heterocycles. The number of nitrogens with zero attached hydrogens (tertiary/aromatic N) is 4. The number of aromatic amines is 1. The maximum absolute atomic E-state index is 14.3. The maximum atomic E-state index is 14.3. The Hall–Kier alpha value is -4.80. The summed E-state index contributed by atoms with van der Waals surface area (Å²) in [4.78, 5) is 23.6. The van der Waals surface area contributed by atoms with Crippen molar-refractivity contribution in [3.8, 4) is 5.88 Å². The summed E-state index contributed by atoms with van der Waals surface area (Å²) in [7, 11) is 0. The highest BCUT2D eigenvalue weighted by Crippen LogP contribution is 2.67. The highest BCUT2D eigenvalue weighted by molar-refractivity contribution is 6.30. The Morgan fingerprint density at radius 1 is 0.981 bits per heavy atom. The summed E-state index contributed by atoms with van der Waals surface area (Å²) in [6.45, 7) is 1.69. The molecule has 4 aliphatic rings. The van der Waals surface area contributed by atoms with E-state index in [0.717, 1.165) is 109 Å². The summed E-state index contributed by atoms with van der Waals surface area (Å²) in [5, 5.41) is 12.1. The first kappa shape index (κ1) is 32.8. The molecule has 1 amide bonds. The fourth-order valence-electron chi connectivity index (χ4n) is 8.66. The molecule has 9 nitrogen and oxygen atoms in total. The van der Waals surface area contributed by atoms with Crippen molar-refractivity contribution in [1.29, 1.82) is 0 Å². The van der Waals surface area contributed by atoms with Crippen LogP contribution in [0, 0.1) is 11.2 Å². The Morgan fingerprint density at radius 2 is 1.85 bits per heavy atom. The van der Waals surface area contributed by atoms with Crippen LogP contribution in [0.15, 0.2) is 72.8 Å². The van der Waals surface area contributed by atoms with Gasteiger partial charge in [0.05, 0.1) is 29.2 Å². The Labute approximate surface area is 311 Å². The number of fused-ring (bicyclic) bond motifs is 2. The molecular formula is C42H40ClFN6O3. The van der Waals surface area contributed by atoms with Crippen molar-refractivity contribution in [2.45, 2.75) is 88.4 Å². The molecule has 1 unspecified atom stereocenters. The zero-order valence-corrected chi connectivity index (χ0v) is 30.0. The van der Waals surface area contributed by atoms with Crippen molar-refractivity contribution >= 4 is 45.1 Å². The molecule has 10 rings (SSSR count). The quantitative estimate of drug-likeness (QED) is 0.146. The fourth-order valence-corrected chi connectivity index (χ4v) is 8.82. The molecule has 0 radical (unpaired) electrons. The van der Waals surface area contributed by atoms with Gasteiger partial charge in [0.2, 0.25) is 5.88 Å². The van der Waals surface area contributed by atoms with E-state index in [1.54, 1.807) is 12.1 Å². The van der Waals surface area contributed by atoms with Crippen molar-refractivity contribution in [2.24, 2.45) is 5.41 Å². The van der Waals surface area contributed by atoms with Gasteiger partial charge in [0.15, 0.2) is 0 Å². The van der Waals surface area contributed by atoms with Crippen LogP contribution in [0.1, 0.15) is 102 Å². The van der Waals surface area contributed by atoms with E-state index in [9.17, 15) is 9.18 Å². The third-order valence-corrected chi connectivity index (χ3v) is 12.3. The largest absolute Gasteiger partial charge is 0.473 e. The second-order valence-electron chi connectivity index (χ2n) is 15.5. The van der Waals surface area contributed by atoms with E-state index >= 15 is 0 Å². The van der Waals surface area contributed by atoms with E-state index in [-0.39, 0.29) is 29.9 Å². The van der Waals surface area contributed by atoms with Gasteiger partial charge in [-0.3, -0.25) is 9.89 Å². The highest BCUT2D eigenvalue weighted by atomic mass is 35.5. The lowest BCUT2D eigenvalue weighted by Gasteiger charge is -2.30. The normalized spacial score (nSPS) is 23.7. The molecule has 53 heavy (non-hydrogen) atoms. The number of anilines is 1. The molecule has 0 bridgehead atoms. The molecule has 4 heterocycles. The lowest BCUT2D eigenvalue weighted by Crippen LogP contribution is -2.31. The van der Waals surface area contributed by atoms with Gasteiger partial charge in [-0.2, -0.15) is 5.10 Å². The third-order valence-electron chi connectivity index (χ3n) is 12.1. The van der Waals surface area contributed by atoms with Gasteiger partial charge >= 0.3 is 0 Å². The maximum Gasteiger partial charge on any atom is 0.255 e. The average Bonchev–Trinajstić information content (AvgIpc) is 4.04. The van der Waals surface area contributed by atoms with Gasteiger partial charge in [-0.1, -0.05) is 23.7 Å². The van der Waals surface area contributed by atoms with Gasteiger partial charge < -0.3 is 19.4 Å². The number of aromatic nitrogens is 5. The number of imidazole rings is 1. The van der Waals surface area contributed by atoms with Gasteiger partial charge in [0.25, 0.3) is 5.91 Å². The van der Waals surface area contributed by atoms with Crippen LogP contribution < -0.4 is 10.1 Å². The molecule has 1 saturated heterocycles. The second-order valence-corrected chi connectivity index (χ2v) is 15.9. The van der Waals surface area contributed by atoms with Crippen molar-refractivity contribution in [2.75, 3.05) is 11.9 Å². The number of hydrogen-bond acceptors (Lipinski definition) is 6. The van der Waals surface area contributed by atoms with Crippen LogP contribution in [-0.2, 0) is 17.9 Å². The SMILES string of the molecule is O=C(Nc1ccc2c(c1)nc(C1CC13CCC(c1cccc(OCc4ccc(Cl)cc4F)n1)CC3)n2C[C@@H]1CCO1)c1ccc2n[nH]c(C3CC3)c2c1. The number of rotatable bonds is 10. The number of carbonyl (C=O) groups excluding carboxylic acids is 1. The molecule has 2 N–H and O–H groups in total. The van der Waals surface area contributed by atoms with Crippen LogP contribution in [0.2, 0.25) is 5.02 Å². The minimum absolute atomic E-state index is 0.0963. The van der Waals surface area contributed by atoms with Crippen LogP contribution in [0.4, 0.5) is 10.1 Å². The third kappa shape index (κ3) is 6.25. The first-order chi connectivity index (χ1) is 25.9. The standard InChI is InChI=1S/C42H40ClFN6O3/c43-28-8-6-27(33(44)19-28)23-53-38-3-1-2-34(46-38)24-12-15-42(16-13-24)21-32(42)40-47-36-20-29(9-11-37(36)50(40)22-30-14-17-52-30)45-41(51)26-7-10-35-31(18-26)39(49-48-35)25-4-5-25/h1-3,6-11,18-20,24-25,30,32H,4-5,12-17,21-23H2,(H,45,51)(H,48,49)/t24?,30-,32?,42?/m0/s1. The predicted molar refractivity (Wildman–Crippen MR) is 201 cm³/mol. The Morgan fingerprint density at radius 3 is 2.64 bits per heavy atom. The minimum atomic E-state index is -0.382. The average molecular weight is 731 g/mol. The molecule has 6 aromatic rings. The molecule has 270 valence electrons. The number of nitrogens with one attached hydrogen (secondary N) is 2. The van der Waals surface area contributed by atoms with Crippen molar-refractivity contribution < 1.29 is 18.7 Å². The minimum Gasteiger partial charge on any atom is -0.473 e. The summed E-state index contributed by atoms with van der Waals surface area (Å²) in [5.74, 6) is 2.37. The summed E-state index contributed by atoms with van der Waals surface area (Å²) in [6.07, 6.45) is 9.03. The number of halogens is 2. The number of H-pyrrole nitrogens is 1. The van der Waals surface area contributed by atoms with E-state index in [1.165, 1.54) is 6.07 Å². The Bertz CT molecular complexity index is 2370. The van der Waals surface area contributed by atoms with Crippen molar-refractivity contribution in [3.63, 3.8) is 0 Å². The smallest absolute Gasteiger partial charge is 0.255 e. The predicted octanol–water partition coefficient (Wildman–Crippen LogP) is 9.43. The number of pyridine rings is 1. The topological polar surface area (TPSA) is 107 Å². The summed E-state index contributed by atoms with van der Waals surface area (Å²) < 4.78 is 28.5. The number of benzene rings is 3. The van der Waals surface area contributed by atoms with E-state index in [1.807, 2.05) is 42.5 Å². The van der Waals surface area contributed by atoms with E-state index in [2.05, 4.69) is 32.2 Å². The number of hydrogen-bond donors (Lipinski definition) is 2. The van der Waals surface area contributed by atoms with Crippen molar-refractivity contribution in [1.82, 2.24) is 24.7 Å². The molecule has 3 aliphatic carbocycles. The van der Waals surface area contributed by atoms with E-state index < -0.39 is 0 Å². The van der Waals surface area contributed by atoms with Crippen molar-refractivity contribution in [3.05, 3.63) is 112 Å². The molecule has 3 aromatic carbocycles. The van der Waals surface area contributed by atoms with Gasteiger partial charge in [-0.15, -0.1) is 0 Å². The number of carbonyl (C=O) groups is 1. The summed E-state index contributed by atoms with van der Waals surface area (Å²) in [6, 6.07) is 22.3. The van der Waals surface area contributed by atoms with Crippen LogP contribution in [0.5, 0.6) is 5.88 Å². The molecule has 3 saturated carbocycles. The fraction of sp³-hybridized carbons (Fsp3) is 0.381. The van der Waals surface area contributed by atoms with Crippen LogP contribution >= 0.6 is 11.6 Å². The number of amides is 1. The highest BCUT2D eigenvalue weighted by Gasteiger charge is 2.57. The lowest BCUT2D eigenvalue weighted by atomic mass is 9.77. The molecule has 4 fully saturated rings.